The predicted octanol–water partition coefficient (Wildman–Crippen LogP) is 5.33. The van der Waals surface area contributed by atoms with E-state index in [4.69, 9.17) is 16.0 Å². The quantitative estimate of drug-likeness (QED) is 0.689. The Morgan fingerprint density at radius 3 is 2.57 bits per heavy atom. The normalized spacial score (nSPS) is 12.7. The lowest BCUT2D eigenvalue weighted by Crippen LogP contribution is -2.19. The summed E-state index contributed by atoms with van der Waals surface area (Å²) in [6.07, 6.45) is 1.02. The smallest absolute Gasteiger partial charge is 0.134 e. The molecular formula is C18H18ClNO. The zero-order chi connectivity index (χ0) is 14.7. The van der Waals surface area contributed by atoms with Gasteiger partial charge in [0.1, 0.15) is 11.3 Å². The average Bonchev–Trinajstić information content (AvgIpc) is 2.92. The van der Waals surface area contributed by atoms with Crippen molar-refractivity contribution in [2.24, 2.45) is 0 Å². The Bertz CT molecular complexity index is 684. The van der Waals surface area contributed by atoms with Gasteiger partial charge in [0.25, 0.3) is 0 Å². The molecule has 1 heterocycles. The zero-order valence-corrected chi connectivity index (χ0v) is 12.7. The average molecular weight is 300 g/mol. The molecule has 1 N–H and O–H groups in total. The van der Waals surface area contributed by atoms with Crippen LogP contribution in [0.2, 0.25) is 5.02 Å². The van der Waals surface area contributed by atoms with Gasteiger partial charge in [0.05, 0.1) is 6.54 Å². The lowest BCUT2D eigenvalue weighted by molar-refractivity contribution is 0.459. The number of nitrogens with one attached hydrogen (secondary N) is 1. The molecule has 3 heteroatoms. The van der Waals surface area contributed by atoms with Crippen LogP contribution in [0.5, 0.6) is 0 Å². The molecule has 1 unspecified atom stereocenters. The zero-order valence-electron chi connectivity index (χ0n) is 12.0. The highest BCUT2D eigenvalue weighted by Gasteiger charge is 2.10. The molecule has 0 saturated carbocycles. The molecule has 0 saturated heterocycles. The fourth-order valence-electron chi connectivity index (χ4n) is 2.54. The molecule has 1 aromatic heterocycles. The highest BCUT2D eigenvalue weighted by Crippen LogP contribution is 2.22. The summed E-state index contributed by atoms with van der Waals surface area (Å²) in [5.74, 6) is 0.962. The Labute approximate surface area is 129 Å². The van der Waals surface area contributed by atoms with Crippen molar-refractivity contribution in [2.75, 3.05) is 0 Å². The maximum atomic E-state index is 5.94. The van der Waals surface area contributed by atoms with Gasteiger partial charge < -0.3 is 9.73 Å². The molecule has 21 heavy (non-hydrogen) atoms. The Balaban J connectivity index is 1.71. The van der Waals surface area contributed by atoms with E-state index in [2.05, 4.69) is 36.5 Å². The second kappa shape index (κ2) is 6.33. The van der Waals surface area contributed by atoms with Crippen LogP contribution >= 0.6 is 11.6 Å². The fourth-order valence-corrected chi connectivity index (χ4v) is 2.67. The van der Waals surface area contributed by atoms with Crippen LogP contribution in [0.3, 0.4) is 0 Å². The second-order valence-corrected chi connectivity index (χ2v) is 5.58. The van der Waals surface area contributed by atoms with Crippen molar-refractivity contribution in [3.8, 4) is 0 Å². The number of benzene rings is 2. The third kappa shape index (κ3) is 3.29. The first-order valence-corrected chi connectivity index (χ1v) is 7.60. The molecular weight excluding hydrogens is 282 g/mol. The van der Waals surface area contributed by atoms with Crippen molar-refractivity contribution in [3.05, 3.63) is 70.9 Å². The maximum absolute atomic E-state index is 5.94. The van der Waals surface area contributed by atoms with Crippen molar-refractivity contribution in [1.82, 2.24) is 5.32 Å². The molecule has 0 fully saturated rings. The monoisotopic (exact) mass is 299 g/mol. The van der Waals surface area contributed by atoms with Gasteiger partial charge in [0, 0.05) is 16.5 Å². The Hall–Kier alpha value is -1.77. The van der Waals surface area contributed by atoms with Crippen LogP contribution in [0.1, 0.15) is 30.7 Å². The van der Waals surface area contributed by atoms with Gasteiger partial charge in [-0.25, -0.2) is 0 Å². The van der Waals surface area contributed by atoms with Crippen molar-refractivity contribution in [1.29, 1.82) is 0 Å². The molecule has 2 nitrogen and oxygen atoms in total. The SMILES string of the molecule is CCC(NCc1cc2ccccc2o1)c1ccc(Cl)cc1. The number of halogens is 1. The fraction of sp³-hybridized carbons (Fsp3) is 0.222. The van der Waals surface area contributed by atoms with E-state index in [1.807, 2.05) is 30.3 Å². The molecule has 1 atom stereocenters. The molecule has 2 aromatic carbocycles. The summed E-state index contributed by atoms with van der Waals surface area (Å²) in [4.78, 5) is 0. The minimum absolute atomic E-state index is 0.301. The number of hydrogen-bond acceptors (Lipinski definition) is 2. The van der Waals surface area contributed by atoms with Gasteiger partial charge in [-0.3, -0.25) is 0 Å². The first-order valence-electron chi connectivity index (χ1n) is 7.22. The van der Waals surface area contributed by atoms with Gasteiger partial charge in [-0.2, -0.15) is 0 Å². The summed E-state index contributed by atoms with van der Waals surface area (Å²) >= 11 is 5.94. The molecule has 0 amide bonds. The Morgan fingerprint density at radius 1 is 1.10 bits per heavy atom. The van der Waals surface area contributed by atoms with Crippen molar-refractivity contribution in [3.63, 3.8) is 0 Å². The highest BCUT2D eigenvalue weighted by atomic mass is 35.5. The molecule has 108 valence electrons. The van der Waals surface area contributed by atoms with Crippen molar-refractivity contribution < 1.29 is 4.42 Å². The number of furan rings is 1. The highest BCUT2D eigenvalue weighted by molar-refractivity contribution is 6.30. The molecule has 0 aliphatic heterocycles. The summed E-state index contributed by atoms with van der Waals surface area (Å²) in [6, 6.07) is 18.5. The van der Waals surface area contributed by atoms with E-state index >= 15 is 0 Å². The van der Waals surface area contributed by atoms with Crippen molar-refractivity contribution in [2.45, 2.75) is 25.9 Å². The molecule has 0 aliphatic carbocycles. The van der Waals surface area contributed by atoms with E-state index in [1.54, 1.807) is 0 Å². The molecule has 0 bridgehead atoms. The second-order valence-electron chi connectivity index (χ2n) is 5.14. The van der Waals surface area contributed by atoms with Crippen LogP contribution in [0, 0.1) is 0 Å². The lowest BCUT2D eigenvalue weighted by atomic mass is 10.0. The summed E-state index contributed by atoms with van der Waals surface area (Å²) in [5, 5.41) is 5.46. The number of para-hydroxylation sites is 1. The Kier molecular flexibility index (Phi) is 4.28. The molecule has 0 spiro atoms. The minimum Gasteiger partial charge on any atom is -0.460 e. The lowest BCUT2D eigenvalue weighted by Gasteiger charge is -2.16. The standard InChI is InChI=1S/C18H18ClNO/c1-2-17(13-7-9-15(19)10-8-13)20-12-16-11-14-5-3-4-6-18(14)21-16/h3-11,17,20H,2,12H2,1H3. The predicted molar refractivity (Wildman–Crippen MR) is 87.5 cm³/mol. The van der Waals surface area contributed by atoms with E-state index in [0.717, 1.165) is 34.7 Å². The molecule has 0 aliphatic rings. The summed E-state index contributed by atoms with van der Waals surface area (Å²) in [5.41, 5.74) is 2.19. The molecule has 3 rings (SSSR count). The van der Waals surface area contributed by atoms with Gasteiger partial charge >= 0.3 is 0 Å². The third-order valence-corrected chi connectivity index (χ3v) is 3.93. The van der Waals surface area contributed by atoms with E-state index in [-0.39, 0.29) is 0 Å². The van der Waals surface area contributed by atoms with E-state index in [9.17, 15) is 0 Å². The van der Waals surface area contributed by atoms with Crippen LogP contribution in [0.4, 0.5) is 0 Å². The van der Waals surface area contributed by atoms with Crippen LogP contribution in [0.25, 0.3) is 11.0 Å². The van der Waals surface area contributed by atoms with Gasteiger partial charge in [-0.1, -0.05) is 48.9 Å². The van der Waals surface area contributed by atoms with Gasteiger partial charge in [0.15, 0.2) is 0 Å². The van der Waals surface area contributed by atoms with Gasteiger partial charge in [0.2, 0.25) is 0 Å². The largest absolute Gasteiger partial charge is 0.460 e. The third-order valence-electron chi connectivity index (χ3n) is 3.68. The summed E-state index contributed by atoms with van der Waals surface area (Å²) in [6.45, 7) is 2.89. The first-order chi connectivity index (χ1) is 10.3. The van der Waals surface area contributed by atoms with Crippen molar-refractivity contribution >= 4 is 22.6 Å². The minimum atomic E-state index is 0.301. The number of rotatable bonds is 5. The number of fused-ring (bicyclic) bond motifs is 1. The maximum Gasteiger partial charge on any atom is 0.134 e. The van der Waals surface area contributed by atoms with Gasteiger partial charge in [-0.05, 0) is 36.2 Å². The molecule has 0 radical (unpaired) electrons. The Morgan fingerprint density at radius 2 is 1.86 bits per heavy atom. The topological polar surface area (TPSA) is 25.2 Å². The summed E-state index contributed by atoms with van der Waals surface area (Å²) in [7, 11) is 0. The van der Waals surface area contributed by atoms with Crippen LogP contribution < -0.4 is 5.32 Å². The van der Waals surface area contributed by atoms with Crippen LogP contribution in [-0.2, 0) is 6.54 Å². The summed E-state index contributed by atoms with van der Waals surface area (Å²) < 4.78 is 5.83. The molecule has 3 aromatic rings. The first kappa shape index (κ1) is 14.2. The van der Waals surface area contributed by atoms with E-state index in [1.165, 1.54) is 5.56 Å². The number of hydrogen-bond donors (Lipinski definition) is 1. The van der Waals surface area contributed by atoms with E-state index in [0.29, 0.717) is 6.04 Å². The van der Waals surface area contributed by atoms with Crippen LogP contribution in [-0.4, -0.2) is 0 Å². The van der Waals surface area contributed by atoms with E-state index < -0.39 is 0 Å². The van der Waals surface area contributed by atoms with Crippen LogP contribution in [0.15, 0.2) is 59.0 Å². The van der Waals surface area contributed by atoms with Gasteiger partial charge in [-0.15, -0.1) is 0 Å².